The minimum Gasteiger partial charge on any atom is -0.326 e. The summed E-state index contributed by atoms with van der Waals surface area (Å²) in [6.07, 6.45) is 2.33. The average Bonchev–Trinajstić information content (AvgIpc) is 2.55. The van der Waals surface area contributed by atoms with Gasteiger partial charge in [0.05, 0.1) is 17.1 Å². The number of amides is 1. The van der Waals surface area contributed by atoms with Crippen LogP contribution in [-0.2, 0) is 24.8 Å². The molecule has 0 radical (unpaired) electrons. The van der Waals surface area contributed by atoms with Crippen molar-refractivity contribution < 1.29 is 21.6 Å². The lowest BCUT2D eigenvalue weighted by atomic mass is 9.98. The van der Waals surface area contributed by atoms with Gasteiger partial charge in [0.25, 0.3) is 0 Å². The monoisotopic (exact) mass is 403 g/mol. The Morgan fingerprint density at radius 2 is 1.88 bits per heavy atom. The Labute approximate surface area is 155 Å². The summed E-state index contributed by atoms with van der Waals surface area (Å²) in [4.78, 5) is 12.7. The van der Waals surface area contributed by atoms with E-state index in [2.05, 4.69) is 5.32 Å². The number of nitrogens with zero attached hydrogens (tertiary/aromatic N) is 2. The second-order valence-corrected chi connectivity index (χ2v) is 10.8. The van der Waals surface area contributed by atoms with Crippen LogP contribution in [0.3, 0.4) is 0 Å². The predicted octanol–water partition coefficient (Wildman–Crippen LogP) is 0.855. The Hall–Kier alpha value is -1.49. The first-order valence-corrected chi connectivity index (χ1v) is 11.5. The largest absolute Gasteiger partial charge is 0.326 e. The van der Waals surface area contributed by atoms with E-state index in [1.807, 2.05) is 0 Å². The van der Waals surface area contributed by atoms with Crippen molar-refractivity contribution in [2.75, 3.05) is 38.8 Å². The fraction of sp³-hybridized carbons (Fsp3) is 0.562. The number of hydrogen-bond donors (Lipinski definition) is 1. The third-order valence-electron chi connectivity index (χ3n) is 4.47. The van der Waals surface area contributed by atoms with Crippen LogP contribution in [0.4, 0.5) is 5.69 Å². The number of carbonyl (C=O) groups is 1. The van der Waals surface area contributed by atoms with Gasteiger partial charge in [-0.1, -0.05) is 6.07 Å². The summed E-state index contributed by atoms with van der Waals surface area (Å²) >= 11 is 0. The topological polar surface area (TPSA) is 104 Å². The van der Waals surface area contributed by atoms with E-state index in [9.17, 15) is 21.6 Å². The zero-order chi connectivity index (χ0) is 19.7. The molecule has 2 rings (SSSR count). The van der Waals surface area contributed by atoms with E-state index in [1.165, 1.54) is 30.5 Å². The summed E-state index contributed by atoms with van der Waals surface area (Å²) in [6, 6.07) is 4.56. The zero-order valence-electron chi connectivity index (χ0n) is 15.4. The van der Waals surface area contributed by atoms with Gasteiger partial charge in [0, 0.05) is 32.9 Å². The van der Waals surface area contributed by atoms with Crippen molar-refractivity contribution in [3.63, 3.8) is 0 Å². The lowest BCUT2D eigenvalue weighted by molar-refractivity contribution is -0.120. The average molecular weight is 404 g/mol. The first-order valence-electron chi connectivity index (χ1n) is 8.22. The number of rotatable bonds is 5. The van der Waals surface area contributed by atoms with Crippen molar-refractivity contribution in [2.45, 2.75) is 24.7 Å². The lowest BCUT2D eigenvalue weighted by Crippen LogP contribution is -2.43. The van der Waals surface area contributed by atoms with E-state index in [1.54, 1.807) is 13.0 Å². The summed E-state index contributed by atoms with van der Waals surface area (Å²) in [7, 11) is -4.07. The van der Waals surface area contributed by atoms with Crippen molar-refractivity contribution in [3.8, 4) is 0 Å². The molecule has 0 bridgehead atoms. The summed E-state index contributed by atoms with van der Waals surface area (Å²) < 4.78 is 50.4. The first-order chi connectivity index (χ1) is 11.9. The van der Waals surface area contributed by atoms with Crippen LogP contribution in [0.15, 0.2) is 23.1 Å². The van der Waals surface area contributed by atoms with Crippen LogP contribution in [0.1, 0.15) is 18.4 Å². The van der Waals surface area contributed by atoms with Gasteiger partial charge in [0.15, 0.2) is 0 Å². The number of benzene rings is 1. The minimum absolute atomic E-state index is 0.0878. The highest BCUT2D eigenvalue weighted by molar-refractivity contribution is 7.89. The van der Waals surface area contributed by atoms with Crippen LogP contribution in [0.5, 0.6) is 0 Å². The fourth-order valence-electron chi connectivity index (χ4n) is 2.80. The molecular weight excluding hydrogens is 378 g/mol. The molecule has 26 heavy (non-hydrogen) atoms. The molecule has 1 atom stereocenters. The normalized spacial score (nSPS) is 19.5. The lowest BCUT2D eigenvalue weighted by Gasteiger charge is -2.30. The molecule has 0 unspecified atom stereocenters. The molecule has 1 saturated heterocycles. The van der Waals surface area contributed by atoms with Crippen LogP contribution in [-0.4, -0.2) is 64.8 Å². The van der Waals surface area contributed by atoms with Gasteiger partial charge in [-0.2, -0.15) is 0 Å². The SMILES string of the molecule is Cc1ccc(S(=O)(=O)N(C)C)cc1NC(=O)[C@@H]1CCCN(S(C)(=O)=O)C1. The van der Waals surface area contributed by atoms with Crippen LogP contribution in [0.2, 0.25) is 0 Å². The summed E-state index contributed by atoms with van der Waals surface area (Å²) in [6.45, 7) is 2.32. The molecule has 146 valence electrons. The number of sulfonamides is 2. The Kier molecular flexibility index (Phi) is 6.11. The molecule has 0 aliphatic carbocycles. The third-order valence-corrected chi connectivity index (χ3v) is 7.55. The van der Waals surface area contributed by atoms with Gasteiger partial charge in [-0.15, -0.1) is 0 Å². The molecule has 1 aliphatic rings. The molecule has 1 fully saturated rings. The van der Waals surface area contributed by atoms with Gasteiger partial charge in [0.1, 0.15) is 0 Å². The van der Waals surface area contributed by atoms with Crippen LogP contribution < -0.4 is 5.32 Å². The van der Waals surface area contributed by atoms with E-state index >= 15 is 0 Å². The second-order valence-electron chi connectivity index (χ2n) is 6.71. The first kappa shape index (κ1) is 20.8. The Morgan fingerprint density at radius 3 is 2.46 bits per heavy atom. The third kappa shape index (κ3) is 4.61. The molecule has 1 heterocycles. The van der Waals surface area contributed by atoms with Gasteiger partial charge in [-0.05, 0) is 37.5 Å². The smallest absolute Gasteiger partial charge is 0.242 e. The minimum atomic E-state index is -3.61. The van der Waals surface area contributed by atoms with Gasteiger partial charge < -0.3 is 5.32 Å². The maximum absolute atomic E-state index is 12.6. The molecule has 1 amide bonds. The van der Waals surface area contributed by atoms with Gasteiger partial charge in [-0.25, -0.2) is 25.4 Å². The summed E-state index contributed by atoms with van der Waals surface area (Å²) in [5.74, 6) is -0.771. The van der Waals surface area contributed by atoms with E-state index < -0.39 is 26.0 Å². The van der Waals surface area contributed by atoms with Gasteiger partial charge in [0.2, 0.25) is 26.0 Å². The van der Waals surface area contributed by atoms with E-state index in [4.69, 9.17) is 0 Å². The number of carbonyl (C=O) groups excluding carboxylic acids is 1. The maximum atomic E-state index is 12.6. The number of anilines is 1. The van der Waals surface area contributed by atoms with Crippen LogP contribution >= 0.6 is 0 Å². The highest BCUT2D eigenvalue weighted by Gasteiger charge is 2.30. The molecule has 1 aliphatic heterocycles. The van der Waals surface area contributed by atoms with Crippen molar-refractivity contribution in [1.82, 2.24) is 8.61 Å². The second kappa shape index (κ2) is 7.63. The molecule has 0 saturated carbocycles. The summed E-state index contributed by atoms with van der Waals surface area (Å²) in [5.41, 5.74) is 1.14. The molecule has 1 aromatic carbocycles. The highest BCUT2D eigenvalue weighted by Crippen LogP contribution is 2.25. The van der Waals surface area contributed by atoms with Gasteiger partial charge >= 0.3 is 0 Å². The number of aryl methyl sites for hydroxylation is 1. The van der Waals surface area contributed by atoms with Gasteiger partial charge in [-0.3, -0.25) is 4.79 Å². The standard InChI is InChI=1S/C16H25N3O5S2/c1-12-7-8-14(26(23,24)18(2)3)10-15(12)17-16(20)13-6-5-9-19(11-13)25(4,21)22/h7-8,10,13H,5-6,9,11H2,1-4H3,(H,17,20)/t13-/m1/s1. The molecule has 8 nitrogen and oxygen atoms in total. The van der Waals surface area contributed by atoms with E-state index in [0.29, 0.717) is 25.1 Å². The van der Waals surface area contributed by atoms with E-state index in [-0.39, 0.29) is 17.3 Å². The molecule has 1 aromatic rings. The van der Waals surface area contributed by atoms with Crippen molar-refractivity contribution in [1.29, 1.82) is 0 Å². The fourth-order valence-corrected chi connectivity index (χ4v) is 4.64. The van der Waals surface area contributed by atoms with Crippen LogP contribution in [0.25, 0.3) is 0 Å². The Bertz CT molecular complexity index is 894. The number of nitrogens with one attached hydrogen (secondary N) is 1. The molecule has 10 heteroatoms. The van der Waals surface area contributed by atoms with E-state index in [0.717, 1.165) is 16.1 Å². The van der Waals surface area contributed by atoms with Crippen molar-refractivity contribution >= 4 is 31.6 Å². The predicted molar refractivity (Wildman–Crippen MR) is 99.8 cm³/mol. The maximum Gasteiger partial charge on any atom is 0.242 e. The van der Waals surface area contributed by atoms with Crippen molar-refractivity contribution in [2.24, 2.45) is 5.92 Å². The highest BCUT2D eigenvalue weighted by atomic mass is 32.2. The Balaban J connectivity index is 2.21. The van der Waals surface area contributed by atoms with Crippen molar-refractivity contribution in [3.05, 3.63) is 23.8 Å². The van der Waals surface area contributed by atoms with Crippen LogP contribution in [0, 0.1) is 12.8 Å². The molecule has 0 aromatic heterocycles. The number of piperidine rings is 1. The number of hydrogen-bond acceptors (Lipinski definition) is 5. The molecule has 0 spiro atoms. The summed E-state index contributed by atoms with van der Waals surface area (Å²) in [5, 5.41) is 2.76. The zero-order valence-corrected chi connectivity index (χ0v) is 17.0. The Morgan fingerprint density at radius 1 is 1.23 bits per heavy atom. The molecule has 1 N–H and O–H groups in total. The molecular formula is C16H25N3O5S2. The quantitative estimate of drug-likeness (QED) is 0.785.